The maximum Gasteiger partial charge on any atom is 0.231 e. The van der Waals surface area contributed by atoms with Gasteiger partial charge in [0.15, 0.2) is 11.5 Å². The molecule has 86 valence electrons. The summed E-state index contributed by atoms with van der Waals surface area (Å²) in [6.45, 7) is 2.51. The van der Waals surface area contributed by atoms with Crippen LogP contribution in [0.4, 0.5) is 0 Å². The van der Waals surface area contributed by atoms with Gasteiger partial charge >= 0.3 is 0 Å². The van der Waals surface area contributed by atoms with Gasteiger partial charge in [0, 0.05) is 5.54 Å². The molecule has 3 rings (SSSR count). The number of fused-ring (bicyclic) bond motifs is 1. The van der Waals surface area contributed by atoms with Crippen LogP contribution in [0, 0.1) is 0 Å². The topological polar surface area (TPSA) is 44.5 Å². The number of benzene rings is 1. The standard InChI is InChI=1S/C13H17NO2/c1-2-9-5-11-12(16-8-15-11)6-10(9)7-13(14)3-4-13/h5-6H,2-4,7-8,14H2,1H3. The molecule has 0 amide bonds. The van der Waals surface area contributed by atoms with Crippen molar-refractivity contribution in [2.75, 3.05) is 6.79 Å². The Morgan fingerprint density at radius 3 is 2.38 bits per heavy atom. The second-order valence-electron chi connectivity index (χ2n) is 4.87. The third kappa shape index (κ3) is 1.65. The predicted octanol–water partition coefficient (Wildman–Crippen LogP) is 2.01. The quantitative estimate of drug-likeness (QED) is 0.845. The monoisotopic (exact) mass is 219 g/mol. The smallest absolute Gasteiger partial charge is 0.231 e. The molecule has 1 aromatic carbocycles. The number of aryl methyl sites for hydroxylation is 1. The van der Waals surface area contributed by atoms with Gasteiger partial charge in [-0.2, -0.15) is 0 Å². The van der Waals surface area contributed by atoms with Crippen molar-refractivity contribution in [3.63, 3.8) is 0 Å². The maximum absolute atomic E-state index is 6.18. The van der Waals surface area contributed by atoms with Gasteiger partial charge in [0.05, 0.1) is 0 Å². The molecule has 1 heterocycles. The molecular formula is C13H17NO2. The molecule has 2 aliphatic rings. The van der Waals surface area contributed by atoms with Crippen LogP contribution in [0.5, 0.6) is 11.5 Å². The zero-order valence-corrected chi connectivity index (χ0v) is 9.58. The van der Waals surface area contributed by atoms with E-state index in [1.54, 1.807) is 0 Å². The van der Waals surface area contributed by atoms with E-state index in [1.165, 1.54) is 11.1 Å². The largest absolute Gasteiger partial charge is 0.454 e. The van der Waals surface area contributed by atoms with Crippen molar-refractivity contribution in [3.8, 4) is 11.5 Å². The molecular weight excluding hydrogens is 202 g/mol. The van der Waals surface area contributed by atoms with E-state index in [1.807, 2.05) is 0 Å². The Bertz CT molecular complexity index is 424. The van der Waals surface area contributed by atoms with Crippen LogP contribution in [0.2, 0.25) is 0 Å². The first-order valence-electron chi connectivity index (χ1n) is 5.90. The lowest BCUT2D eigenvalue weighted by Gasteiger charge is -2.13. The van der Waals surface area contributed by atoms with Crippen LogP contribution in [0.1, 0.15) is 30.9 Å². The summed E-state index contributed by atoms with van der Waals surface area (Å²) in [5.74, 6) is 1.75. The fourth-order valence-corrected chi connectivity index (χ4v) is 2.24. The van der Waals surface area contributed by atoms with Crippen molar-refractivity contribution in [3.05, 3.63) is 23.3 Å². The van der Waals surface area contributed by atoms with Gasteiger partial charge in [0.1, 0.15) is 0 Å². The molecule has 2 N–H and O–H groups in total. The third-order valence-corrected chi connectivity index (χ3v) is 3.51. The molecule has 16 heavy (non-hydrogen) atoms. The molecule has 1 aliphatic heterocycles. The first-order chi connectivity index (χ1) is 7.70. The van der Waals surface area contributed by atoms with E-state index < -0.39 is 0 Å². The molecule has 1 saturated carbocycles. The molecule has 0 aromatic heterocycles. The number of rotatable bonds is 3. The van der Waals surface area contributed by atoms with Crippen LogP contribution in [-0.4, -0.2) is 12.3 Å². The Labute approximate surface area is 95.5 Å². The molecule has 1 aliphatic carbocycles. The van der Waals surface area contributed by atoms with Crippen LogP contribution >= 0.6 is 0 Å². The van der Waals surface area contributed by atoms with Crippen molar-refractivity contribution in [2.24, 2.45) is 5.73 Å². The van der Waals surface area contributed by atoms with Crippen molar-refractivity contribution in [1.29, 1.82) is 0 Å². The minimum absolute atomic E-state index is 0.0532. The Hall–Kier alpha value is -1.22. The number of hydrogen-bond donors (Lipinski definition) is 1. The van der Waals surface area contributed by atoms with Gasteiger partial charge in [0.2, 0.25) is 6.79 Å². The highest BCUT2D eigenvalue weighted by molar-refractivity contribution is 5.49. The van der Waals surface area contributed by atoms with Crippen molar-refractivity contribution in [1.82, 2.24) is 0 Å². The first-order valence-corrected chi connectivity index (χ1v) is 5.90. The summed E-state index contributed by atoms with van der Waals surface area (Å²) >= 11 is 0. The minimum atomic E-state index is 0.0532. The summed E-state index contributed by atoms with van der Waals surface area (Å²) in [5, 5.41) is 0. The van der Waals surface area contributed by atoms with Crippen LogP contribution in [0.25, 0.3) is 0 Å². The van der Waals surface area contributed by atoms with Crippen molar-refractivity contribution >= 4 is 0 Å². The predicted molar refractivity (Wildman–Crippen MR) is 61.8 cm³/mol. The molecule has 1 aromatic rings. The fraction of sp³-hybridized carbons (Fsp3) is 0.538. The Morgan fingerprint density at radius 2 is 1.81 bits per heavy atom. The fourth-order valence-electron chi connectivity index (χ4n) is 2.24. The number of ether oxygens (including phenoxy) is 2. The van der Waals surface area contributed by atoms with Crippen LogP contribution in [-0.2, 0) is 12.8 Å². The molecule has 3 heteroatoms. The molecule has 0 bridgehead atoms. The zero-order chi connectivity index (χ0) is 11.2. The minimum Gasteiger partial charge on any atom is -0.454 e. The summed E-state index contributed by atoms with van der Waals surface area (Å²) in [6.07, 6.45) is 4.27. The van der Waals surface area contributed by atoms with E-state index in [4.69, 9.17) is 15.2 Å². The van der Waals surface area contributed by atoms with Gasteiger partial charge < -0.3 is 15.2 Å². The van der Waals surface area contributed by atoms with Gasteiger partial charge in [-0.05, 0) is 48.9 Å². The normalized spacial score (nSPS) is 19.9. The Kier molecular flexibility index (Phi) is 2.11. The number of hydrogen-bond acceptors (Lipinski definition) is 3. The lowest BCUT2D eigenvalue weighted by atomic mass is 9.97. The molecule has 1 fully saturated rings. The van der Waals surface area contributed by atoms with Gasteiger partial charge in [-0.15, -0.1) is 0 Å². The summed E-state index contributed by atoms with van der Waals surface area (Å²) in [4.78, 5) is 0. The van der Waals surface area contributed by atoms with Gasteiger partial charge in [-0.3, -0.25) is 0 Å². The SMILES string of the molecule is CCc1cc2c(cc1CC1(N)CC1)OCO2. The lowest BCUT2D eigenvalue weighted by Crippen LogP contribution is -2.25. The maximum atomic E-state index is 6.18. The van der Waals surface area contributed by atoms with Crippen molar-refractivity contribution < 1.29 is 9.47 Å². The zero-order valence-electron chi connectivity index (χ0n) is 9.58. The van der Waals surface area contributed by atoms with E-state index >= 15 is 0 Å². The number of nitrogens with two attached hydrogens (primary N) is 1. The molecule has 0 radical (unpaired) electrons. The Morgan fingerprint density at radius 1 is 1.19 bits per heavy atom. The van der Waals surface area contributed by atoms with Crippen LogP contribution in [0.3, 0.4) is 0 Å². The van der Waals surface area contributed by atoms with Crippen molar-refractivity contribution in [2.45, 2.75) is 38.1 Å². The second-order valence-corrected chi connectivity index (χ2v) is 4.87. The van der Waals surface area contributed by atoms with Gasteiger partial charge in [-0.1, -0.05) is 6.92 Å². The molecule has 3 nitrogen and oxygen atoms in total. The van der Waals surface area contributed by atoms with E-state index in [0.29, 0.717) is 6.79 Å². The third-order valence-electron chi connectivity index (χ3n) is 3.51. The van der Waals surface area contributed by atoms with E-state index in [2.05, 4.69) is 19.1 Å². The molecule has 0 spiro atoms. The molecule has 0 saturated heterocycles. The van der Waals surface area contributed by atoms with E-state index in [-0.39, 0.29) is 5.54 Å². The summed E-state index contributed by atoms with van der Waals surface area (Å²) in [6, 6.07) is 4.21. The van der Waals surface area contributed by atoms with Gasteiger partial charge in [-0.25, -0.2) is 0 Å². The highest BCUT2D eigenvalue weighted by atomic mass is 16.7. The summed E-state index contributed by atoms with van der Waals surface area (Å²) in [7, 11) is 0. The van der Waals surface area contributed by atoms with E-state index in [9.17, 15) is 0 Å². The van der Waals surface area contributed by atoms with Gasteiger partial charge in [0.25, 0.3) is 0 Å². The average molecular weight is 219 g/mol. The highest BCUT2D eigenvalue weighted by Gasteiger charge is 2.38. The first kappa shape index (κ1) is 9.97. The second kappa shape index (κ2) is 3.39. The van der Waals surface area contributed by atoms with Crippen LogP contribution < -0.4 is 15.2 Å². The summed E-state index contributed by atoms with van der Waals surface area (Å²) < 4.78 is 10.8. The average Bonchev–Trinajstić information content (AvgIpc) is 2.82. The summed E-state index contributed by atoms with van der Waals surface area (Å²) in [5.41, 5.74) is 8.89. The van der Waals surface area contributed by atoms with Crippen LogP contribution in [0.15, 0.2) is 12.1 Å². The van der Waals surface area contributed by atoms with E-state index in [0.717, 1.165) is 37.2 Å². The highest BCUT2D eigenvalue weighted by Crippen LogP contribution is 2.40. The molecule has 0 atom stereocenters. The molecule has 0 unspecified atom stereocenters. The Balaban J connectivity index is 1.95. The lowest BCUT2D eigenvalue weighted by molar-refractivity contribution is 0.174.